The zero-order valence-electron chi connectivity index (χ0n) is 12.0. The molecule has 0 spiro atoms. The Kier molecular flexibility index (Phi) is 3.42. The number of benzene rings is 1. The Labute approximate surface area is 118 Å². The molecule has 20 heavy (non-hydrogen) atoms. The van der Waals surface area contributed by atoms with Gasteiger partial charge in [0, 0.05) is 25.2 Å². The Morgan fingerprint density at radius 3 is 2.85 bits per heavy atom. The Bertz CT molecular complexity index is 628. The van der Waals surface area contributed by atoms with Crippen LogP contribution in [0.3, 0.4) is 0 Å². The molecule has 0 unspecified atom stereocenters. The van der Waals surface area contributed by atoms with Crippen LogP contribution < -0.4 is 0 Å². The highest BCUT2D eigenvalue weighted by molar-refractivity contribution is 5.97. The number of aryl methyl sites for hydroxylation is 1. The summed E-state index contributed by atoms with van der Waals surface area (Å²) in [5.74, 6) is 0.0878. The first kappa shape index (κ1) is 13.1. The molecule has 5 nitrogen and oxygen atoms in total. The van der Waals surface area contributed by atoms with Crippen LogP contribution in [-0.2, 0) is 6.54 Å². The number of amides is 1. The van der Waals surface area contributed by atoms with Crippen LogP contribution in [0.1, 0.15) is 43.0 Å². The second kappa shape index (κ2) is 5.23. The number of hydrogen-bond acceptors (Lipinski definition) is 3. The van der Waals surface area contributed by atoms with Gasteiger partial charge in [0.1, 0.15) is 5.52 Å². The molecule has 0 radical (unpaired) electrons. The van der Waals surface area contributed by atoms with E-state index < -0.39 is 0 Å². The van der Waals surface area contributed by atoms with Gasteiger partial charge >= 0.3 is 0 Å². The Morgan fingerprint density at radius 1 is 1.40 bits per heavy atom. The number of hydrogen-bond donors (Lipinski definition) is 0. The lowest BCUT2D eigenvalue weighted by molar-refractivity contribution is 0.0735. The Balaban J connectivity index is 1.87. The van der Waals surface area contributed by atoms with Crippen molar-refractivity contribution < 1.29 is 4.79 Å². The molecule has 1 saturated carbocycles. The number of aromatic nitrogens is 3. The van der Waals surface area contributed by atoms with Gasteiger partial charge in [-0.3, -0.25) is 4.79 Å². The van der Waals surface area contributed by atoms with Crippen molar-refractivity contribution in [3.63, 3.8) is 0 Å². The molecule has 0 bridgehead atoms. The average molecular weight is 272 g/mol. The topological polar surface area (TPSA) is 51.0 Å². The van der Waals surface area contributed by atoms with E-state index in [9.17, 15) is 4.79 Å². The van der Waals surface area contributed by atoms with Crippen molar-refractivity contribution in [2.75, 3.05) is 7.05 Å². The molecular formula is C15H20N4O. The van der Waals surface area contributed by atoms with Crippen molar-refractivity contribution in [2.45, 2.75) is 45.2 Å². The molecule has 1 aromatic heterocycles. The van der Waals surface area contributed by atoms with Gasteiger partial charge in [-0.15, -0.1) is 5.10 Å². The lowest BCUT2D eigenvalue weighted by Crippen LogP contribution is -2.35. The SMILES string of the molecule is CCn1nnc2cc(C(=O)N(C)C3CCCC3)ccc21. The minimum absolute atomic E-state index is 0.0878. The molecular weight excluding hydrogens is 252 g/mol. The van der Waals surface area contributed by atoms with E-state index in [1.54, 1.807) is 0 Å². The third-order valence-electron chi connectivity index (χ3n) is 4.25. The van der Waals surface area contributed by atoms with Gasteiger partial charge in [-0.2, -0.15) is 0 Å². The van der Waals surface area contributed by atoms with Crippen LogP contribution in [0.15, 0.2) is 18.2 Å². The van der Waals surface area contributed by atoms with Crippen molar-refractivity contribution in [1.29, 1.82) is 0 Å². The van der Waals surface area contributed by atoms with E-state index >= 15 is 0 Å². The monoisotopic (exact) mass is 272 g/mol. The van der Waals surface area contributed by atoms with E-state index in [4.69, 9.17) is 0 Å². The van der Waals surface area contributed by atoms with Gasteiger partial charge in [0.15, 0.2) is 0 Å². The summed E-state index contributed by atoms with van der Waals surface area (Å²) < 4.78 is 1.84. The van der Waals surface area contributed by atoms with E-state index in [0.29, 0.717) is 11.6 Å². The molecule has 1 amide bonds. The standard InChI is InChI=1S/C15H20N4O/c1-3-19-14-9-8-11(10-13(14)16-17-19)15(20)18(2)12-6-4-5-7-12/h8-10,12H,3-7H2,1-2H3. The minimum Gasteiger partial charge on any atom is -0.339 e. The lowest BCUT2D eigenvalue weighted by Gasteiger charge is -2.24. The van der Waals surface area contributed by atoms with Gasteiger partial charge in [-0.25, -0.2) is 4.68 Å². The molecule has 1 aliphatic rings. The Morgan fingerprint density at radius 2 is 2.15 bits per heavy atom. The first-order valence-corrected chi connectivity index (χ1v) is 7.31. The van der Waals surface area contributed by atoms with Gasteiger partial charge in [0.2, 0.25) is 0 Å². The van der Waals surface area contributed by atoms with E-state index in [0.717, 1.165) is 30.4 Å². The maximum absolute atomic E-state index is 12.5. The molecule has 106 valence electrons. The van der Waals surface area contributed by atoms with Crippen LogP contribution in [0, 0.1) is 0 Å². The molecule has 0 aliphatic heterocycles. The van der Waals surface area contributed by atoms with Crippen molar-refractivity contribution in [1.82, 2.24) is 19.9 Å². The Hall–Kier alpha value is -1.91. The quantitative estimate of drug-likeness (QED) is 0.862. The van der Waals surface area contributed by atoms with Gasteiger partial charge < -0.3 is 4.90 Å². The normalized spacial score (nSPS) is 15.9. The van der Waals surface area contributed by atoms with Crippen molar-refractivity contribution in [3.05, 3.63) is 23.8 Å². The third kappa shape index (κ3) is 2.17. The van der Waals surface area contributed by atoms with E-state index in [2.05, 4.69) is 10.3 Å². The largest absolute Gasteiger partial charge is 0.339 e. The molecule has 2 aromatic rings. The molecule has 0 saturated heterocycles. The minimum atomic E-state index is 0.0878. The van der Waals surface area contributed by atoms with Gasteiger partial charge in [-0.05, 0) is 38.0 Å². The molecule has 1 aromatic carbocycles. The summed E-state index contributed by atoms with van der Waals surface area (Å²) in [7, 11) is 1.91. The van der Waals surface area contributed by atoms with Crippen LogP contribution >= 0.6 is 0 Å². The summed E-state index contributed by atoms with van der Waals surface area (Å²) in [6, 6.07) is 6.06. The summed E-state index contributed by atoms with van der Waals surface area (Å²) in [4.78, 5) is 14.4. The van der Waals surface area contributed by atoms with E-state index in [1.807, 2.05) is 41.8 Å². The summed E-state index contributed by atoms with van der Waals surface area (Å²) >= 11 is 0. The highest BCUT2D eigenvalue weighted by atomic mass is 16.2. The predicted molar refractivity (Wildman–Crippen MR) is 77.6 cm³/mol. The van der Waals surface area contributed by atoms with Crippen molar-refractivity contribution in [2.24, 2.45) is 0 Å². The average Bonchev–Trinajstić information content (AvgIpc) is 3.14. The maximum atomic E-state index is 12.5. The fraction of sp³-hybridized carbons (Fsp3) is 0.533. The number of rotatable bonds is 3. The number of nitrogens with zero attached hydrogens (tertiary/aromatic N) is 4. The lowest BCUT2D eigenvalue weighted by atomic mass is 10.1. The molecule has 0 atom stereocenters. The van der Waals surface area contributed by atoms with Gasteiger partial charge in [-0.1, -0.05) is 18.1 Å². The maximum Gasteiger partial charge on any atom is 0.253 e. The predicted octanol–water partition coefficient (Wildman–Crippen LogP) is 2.47. The number of fused-ring (bicyclic) bond motifs is 1. The summed E-state index contributed by atoms with van der Waals surface area (Å²) in [6.07, 6.45) is 4.70. The molecule has 1 aliphatic carbocycles. The fourth-order valence-corrected chi connectivity index (χ4v) is 3.00. The zero-order valence-corrected chi connectivity index (χ0v) is 12.0. The number of carbonyl (C=O) groups excluding carboxylic acids is 1. The van der Waals surface area contributed by atoms with Crippen molar-refractivity contribution in [3.8, 4) is 0 Å². The summed E-state index contributed by atoms with van der Waals surface area (Å²) in [5, 5.41) is 8.21. The van der Waals surface area contributed by atoms with Crippen LogP contribution in [0.5, 0.6) is 0 Å². The molecule has 5 heteroatoms. The molecule has 3 rings (SSSR count). The van der Waals surface area contributed by atoms with Crippen LogP contribution in [-0.4, -0.2) is 38.9 Å². The van der Waals surface area contributed by atoms with Crippen molar-refractivity contribution >= 4 is 16.9 Å². The van der Waals surface area contributed by atoms with E-state index in [-0.39, 0.29) is 5.91 Å². The fourth-order valence-electron chi connectivity index (χ4n) is 3.00. The number of carbonyl (C=O) groups is 1. The van der Waals surface area contributed by atoms with Crippen LogP contribution in [0.25, 0.3) is 11.0 Å². The third-order valence-corrected chi connectivity index (χ3v) is 4.25. The van der Waals surface area contributed by atoms with Crippen LogP contribution in [0.4, 0.5) is 0 Å². The smallest absolute Gasteiger partial charge is 0.253 e. The highest BCUT2D eigenvalue weighted by Gasteiger charge is 2.24. The van der Waals surface area contributed by atoms with Gasteiger partial charge in [0.05, 0.1) is 5.52 Å². The summed E-state index contributed by atoms with van der Waals surface area (Å²) in [6.45, 7) is 2.81. The molecule has 1 heterocycles. The first-order chi connectivity index (χ1) is 9.70. The van der Waals surface area contributed by atoms with E-state index in [1.165, 1.54) is 12.8 Å². The van der Waals surface area contributed by atoms with Gasteiger partial charge in [0.25, 0.3) is 5.91 Å². The highest BCUT2D eigenvalue weighted by Crippen LogP contribution is 2.24. The zero-order chi connectivity index (χ0) is 14.1. The second-order valence-electron chi connectivity index (χ2n) is 5.46. The molecule has 1 fully saturated rings. The first-order valence-electron chi connectivity index (χ1n) is 7.31. The summed E-state index contributed by atoms with van der Waals surface area (Å²) in [5.41, 5.74) is 2.47. The second-order valence-corrected chi connectivity index (χ2v) is 5.46. The molecule has 0 N–H and O–H groups in total. The van der Waals surface area contributed by atoms with Crippen LogP contribution in [0.2, 0.25) is 0 Å².